The van der Waals surface area contributed by atoms with E-state index >= 15 is 0 Å². The molecule has 4 heterocycles. The van der Waals surface area contributed by atoms with Crippen molar-refractivity contribution in [3.8, 4) is 0 Å². The molecule has 1 aromatic heterocycles. The maximum absolute atomic E-state index is 2.72. The van der Waals surface area contributed by atoms with E-state index in [4.69, 9.17) is 0 Å². The van der Waals surface area contributed by atoms with E-state index < -0.39 is 0 Å². The maximum atomic E-state index is 2.72. The third-order valence-electron chi connectivity index (χ3n) is 5.85. The van der Waals surface area contributed by atoms with Gasteiger partial charge >= 0.3 is 0 Å². The molecular formula is C19H24N2S2. The molecule has 1 spiro atoms. The highest BCUT2D eigenvalue weighted by molar-refractivity contribution is 8.18. The van der Waals surface area contributed by atoms with Gasteiger partial charge in [-0.05, 0) is 74.2 Å². The Morgan fingerprint density at radius 2 is 1.96 bits per heavy atom. The third kappa shape index (κ3) is 2.14. The Kier molecular flexibility index (Phi) is 3.50. The van der Waals surface area contributed by atoms with Crippen molar-refractivity contribution in [3.63, 3.8) is 0 Å². The molecule has 4 heteroatoms. The molecule has 2 aromatic rings. The van der Waals surface area contributed by atoms with E-state index in [0.29, 0.717) is 10.2 Å². The SMILES string of the molecule is CN1CCC[C@@H]2CC3(SCCCS3)c3cc4ccccc4n3[C@@H]21. The van der Waals surface area contributed by atoms with E-state index in [9.17, 15) is 0 Å². The number of piperidine rings is 1. The van der Waals surface area contributed by atoms with Crippen LogP contribution in [0.15, 0.2) is 30.3 Å². The van der Waals surface area contributed by atoms with Crippen molar-refractivity contribution in [2.75, 3.05) is 25.1 Å². The second-order valence-electron chi connectivity index (χ2n) is 7.26. The number of hydrogen-bond donors (Lipinski definition) is 0. The normalized spacial score (nSPS) is 30.3. The van der Waals surface area contributed by atoms with Gasteiger partial charge in [0.1, 0.15) is 4.08 Å². The molecule has 1 aromatic carbocycles. The number of thioether (sulfide) groups is 2. The van der Waals surface area contributed by atoms with Crippen molar-refractivity contribution in [2.45, 2.75) is 35.9 Å². The third-order valence-corrected chi connectivity index (χ3v) is 9.23. The molecule has 122 valence electrons. The predicted molar refractivity (Wildman–Crippen MR) is 102 cm³/mol. The van der Waals surface area contributed by atoms with E-state index in [0.717, 1.165) is 5.92 Å². The average Bonchev–Trinajstić information content (AvgIpc) is 2.97. The summed E-state index contributed by atoms with van der Waals surface area (Å²) in [6, 6.07) is 11.5. The highest BCUT2D eigenvalue weighted by Crippen LogP contribution is 2.60. The lowest BCUT2D eigenvalue weighted by Crippen LogP contribution is -2.47. The first-order chi connectivity index (χ1) is 11.3. The summed E-state index contributed by atoms with van der Waals surface area (Å²) >= 11 is 4.45. The van der Waals surface area contributed by atoms with E-state index in [2.05, 4.69) is 70.4 Å². The van der Waals surface area contributed by atoms with Gasteiger partial charge in [-0.3, -0.25) is 4.90 Å². The predicted octanol–water partition coefficient (Wildman–Crippen LogP) is 4.91. The largest absolute Gasteiger partial charge is 0.326 e. The van der Waals surface area contributed by atoms with Gasteiger partial charge in [-0.15, -0.1) is 23.5 Å². The molecular weight excluding hydrogens is 320 g/mol. The fourth-order valence-electron chi connectivity index (χ4n) is 4.90. The van der Waals surface area contributed by atoms with Crippen molar-refractivity contribution >= 4 is 34.4 Å². The van der Waals surface area contributed by atoms with Gasteiger partial charge < -0.3 is 4.57 Å². The van der Waals surface area contributed by atoms with Gasteiger partial charge in [-0.25, -0.2) is 0 Å². The minimum atomic E-state index is 0.302. The van der Waals surface area contributed by atoms with Crippen LogP contribution in [0, 0.1) is 5.92 Å². The van der Waals surface area contributed by atoms with Crippen LogP contribution in [0.25, 0.3) is 10.9 Å². The zero-order valence-electron chi connectivity index (χ0n) is 13.7. The second-order valence-corrected chi connectivity index (χ2v) is 10.3. The van der Waals surface area contributed by atoms with Crippen LogP contribution in [0.2, 0.25) is 0 Å². The molecule has 2 saturated heterocycles. The summed E-state index contributed by atoms with van der Waals surface area (Å²) in [4.78, 5) is 2.61. The smallest absolute Gasteiger partial charge is 0.101 e. The minimum Gasteiger partial charge on any atom is -0.326 e. The van der Waals surface area contributed by atoms with Crippen LogP contribution in [-0.4, -0.2) is 34.6 Å². The molecule has 0 amide bonds. The summed E-state index contributed by atoms with van der Waals surface area (Å²) in [6.07, 6.45) is 6.04. The highest BCUT2D eigenvalue weighted by atomic mass is 32.2. The van der Waals surface area contributed by atoms with Gasteiger partial charge in [0.05, 0.1) is 6.17 Å². The van der Waals surface area contributed by atoms with E-state index in [1.54, 1.807) is 5.69 Å². The number of likely N-dealkylation sites (tertiary alicyclic amines) is 1. The molecule has 3 aliphatic heterocycles. The highest BCUT2D eigenvalue weighted by Gasteiger charge is 2.49. The molecule has 0 saturated carbocycles. The quantitative estimate of drug-likeness (QED) is 0.671. The maximum Gasteiger partial charge on any atom is 0.101 e. The van der Waals surface area contributed by atoms with Gasteiger partial charge in [0.2, 0.25) is 0 Å². The average molecular weight is 345 g/mol. The van der Waals surface area contributed by atoms with Crippen molar-refractivity contribution < 1.29 is 0 Å². The van der Waals surface area contributed by atoms with Crippen LogP contribution in [0.3, 0.4) is 0 Å². The molecule has 23 heavy (non-hydrogen) atoms. The first-order valence-electron chi connectivity index (χ1n) is 8.87. The molecule has 2 atom stereocenters. The first kappa shape index (κ1) is 14.7. The van der Waals surface area contributed by atoms with Gasteiger partial charge in [0.15, 0.2) is 0 Å². The molecule has 2 fully saturated rings. The van der Waals surface area contributed by atoms with E-state index in [-0.39, 0.29) is 0 Å². The number of para-hydroxylation sites is 1. The first-order valence-corrected chi connectivity index (χ1v) is 10.8. The lowest BCUT2D eigenvalue weighted by Gasteiger charge is -2.51. The number of hydrogen-bond acceptors (Lipinski definition) is 3. The van der Waals surface area contributed by atoms with Gasteiger partial charge in [0, 0.05) is 11.2 Å². The van der Waals surface area contributed by atoms with E-state index in [1.807, 2.05) is 0 Å². The number of rotatable bonds is 0. The van der Waals surface area contributed by atoms with Crippen LogP contribution in [0.4, 0.5) is 0 Å². The Hall–Kier alpha value is -0.580. The summed E-state index contributed by atoms with van der Waals surface area (Å²) in [5, 5.41) is 1.42. The zero-order chi connectivity index (χ0) is 15.4. The number of fused-ring (bicyclic) bond motifs is 6. The molecule has 0 aliphatic carbocycles. The van der Waals surface area contributed by atoms with Crippen LogP contribution in [0.5, 0.6) is 0 Å². The van der Waals surface area contributed by atoms with Crippen LogP contribution in [0.1, 0.15) is 37.5 Å². The Morgan fingerprint density at radius 1 is 1.13 bits per heavy atom. The summed E-state index contributed by atoms with van der Waals surface area (Å²) in [7, 11) is 2.33. The van der Waals surface area contributed by atoms with Crippen LogP contribution < -0.4 is 0 Å². The summed E-state index contributed by atoms with van der Waals surface area (Å²) in [6.45, 7) is 1.24. The van der Waals surface area contributed by atoms with Crippen molar-refractivity contribution in [1.29, 1.82) is 0 Å². The van der Waals surface area contributed by atoms with Crippen LogP contribution >= 0.6 is 23.5 Å². The molecule has 0 N–H and O–H groups in total. The zero-order valence-corrected chi connectivity index (χ0v) is 15.3. The molecule has 2 nitrogen and oxygen atoms in total. The Labute approximate surface area is 147 Å². The fraction of sp³-hybridized carbons (Fsp3) is 0.579. The lowest BCUT2D eigenvalue weighted by atomic mass is 9.86. The van der Waals surface area contributed by atoms with Gasteiger partial charge in [0.25, 0.3) is 0 Å². The number of benzene rings is 1. The minimum absolute atomic E-state index is 0.302. The van der Waals surface area contributed by atoms with Crippen molar-refractivity contribution in [3.05, 3.63) is 36.0 Å². The van der Waals surface area contributed by atoms with Crippen LogP contribution in [-0.2, 0) is 4.08 Å². The number of aromatic nitrogens is 1. The van der Waals surface area contributed by atoms with Gasteiger partial charge in [-0.2, -0.15) is 0 Å². The fourth-order valence-corrected chi connectivity index (χ4v) is 8.43. The Bertz CT molecular complexity index is 732. The lowest BCUT2D eigenvalue weighted by molar-refractivity contribution is 0.0459. The molecule has 0 radical (unpaired) electrons. The Balaban J connectivity index is 1.76. The second kappa shape index (κ2) is 5.47. The van der Waals surface area contributed by atoms with E-state index in [1.165, 1.54) is 54.6 Å². The van der Waals surface area contributed by atoms with Crippen molar-refractivity contribution in [2.24, 2.45) is 5.92 Å². The molecule has 5 rings (SSSR count). The summed E-state index contributed by atoms with van der Waals surface area (Å²) in [5.74, 6) is 3.44. The standard InChI is InChI=1S/C19H24N2S2/c1-20-9-4-7-15-13-19(22-10-5-11-23-19)17-12-14-6-2-3-8-16(14)21(17)18(15)20/h2-3,6,8,12,15,18H,4-5,7,9-11,13H2,1H3/t15-,18+/m1/s1. The molecule has 0 bridgehead atoms. The van der Waals surface area contributed by atoms with Gasteiger partial charge in [-0.1, -0.05) is 18.2 Å². The topological polar surface area (TPSA) is 8.17 Å². The number of nitrogens with zero attached hydrogens (tertiary/aromatic N) is 2. The summed E-state index contributed by atoms with van der Waals surface area (Å²) in [5.41, 5.74) is 3.03. The monoisotopic (exact) mass is 344 g/mol. The Morgan fingerprint density at radius 3 is 2.83 bits per heavy atom. The molecule has 0 unspecified atom stereocenters. The van der Waals surface area contributed by atoms with Crippen molar-refractivity contribution in [1.82, 2.24) is 9.47 Å². The molecule has 3 aliphatic rings. The summed E-state index contributed by atoms with van der Waals surface area (Å²) < 4.78 is 3.02.